The fourth-order valence-corrected chi connectivity index (χ4v) is 4.22. The number of hydrogen-bond donors (Lipinski definition) is 0. The summed E-state index contributed by atoms with van der Waals surface area (Å²) in [6, 6.07) is 8.61. The van der Waals surface area contributed by atoms with Crippen molar-refractivity contribution in [3.05, 3.63) is 61.8 Å². The van der Waals surface area contributed by atoms with Crippen LogP contribution in [0.5, 0.6) is 0 Å². The molecule has 78 valence electrons. The Kier molecular flexibility index (Phi) is 2.82. The summed E-state index contributed by atoms with van der Waals surface area (Å²) >= 11 is 5.41. The van der Waals surface area contributed by atoms with E-state index in [1.807, 2.05) is 0 Å². The van der Waals surface area contributed by atoms with Crippen molar-refractivity contribution in [1.82, 2.24) is 0 Å². The van der Waals surface area contributed by atoms with E-state index in [9.17, 15) is 0 Å². The van der Waals surface area contributed by atoms with Gasteiger partial charge in [0, 0.05) is 21.9 Å². The zero-order valence-electron chi connectivity index (χ0n) is 8.42. The largest absolute Gasteiger partial charge is 0.241 e. The van der Waals surface area contributed by atoms with Crippen molar-refractivity contribution < 1.29 is 0 Å². The van der Waals surface area contributed by atoms with Crippen molar-refractivity contribution in [3.8, 4) is 0 Å². The Morgan fingerprint density at radius 2 is 1.69 bits per heavy atom. The lowest BCUT2D eigenvalue weighted by Gasteiger charge is -1.98. The van der Waals surface area contributed by atoms with Crippen LogP contribution in [0, 0.1) is 0 Å². The van der Waals surface area contributed by atoms with Crippen molar-refractivity contribution in [2.75, 3.05) is 0 Å². The third kappa shape index (κ3) is 1.82. The quantitative estimate of drug-likeness (QED) is 0.566. The maximum atomic E-state index is 2.19. The predicted octanol–water partition coefficient (Wildman–Crippen LogP) is 4.02. The molecule has 3 heteroatoms. The van der Waals surface area contributed by atoms with Crippen LogP contribution in [0.3, 0.4) is 0 Å². The van der Waals surface area contributed by atoms with Gasteiger partial charge < -0.3 is 0 Å². The number of rotatable bonds is 2. The van der Waals surface area contributed by atoms with Gasteiger partial charge in [-0.05, 0) is 22.9 Å². The normalized spacial score (nSPS) is 13.6. The van der Waals surface area contributed by atoms with Crippen LogP contribution >= 0.6 is 22.7 Å². The molecule has 0 N–H and O–H groups in total. The van der Waals surface area contributed by atoms with Crippen molar-refractivity contribution >= 4 is 45.0 Å². The molecule has 3 rings (SSSR count). The van der Waals surface area contributed by atoms with Gasteiger partial charge in [0.25, 0.3) is 0 Å². The molecule has 0 amide bonds. The van der Waals surface area contributed by atoms with Gasteiger partial charge in [-0.25, -0.2) is 0 Å². The summed E-state index contributed by atoms with van der Waals surface area (Å²) in [6.45, 7) is 0. The molecule has 16 heavy (non-hydrogen) atoms. The second-order valence-corrected chi connectivity index (χ2v) is 6.15. The zero-order valence-corrected chi connectivity index (χ0v) is 10.9. The van der Waals surface area contributed by atoms with Crippen LogP contribution in [-0.4, -0.2) is 5.37 Å². The van der Waals surface area contributed by atoms with Gasteiger partial charge in [0.05, 0.1) is 5.57 Å². The molecule has 1 aliphatic rings. The van der Waals surface area contributed by atoms with Crippen LogP contribution in [0.15, 0.2) is 52.1 Å². The molecule has 2 aromatic rings. The first-order valence-electron chi connectivity index (χ1n) is 4.94. The first-order chi connectivity index (χ1) is 7.95. The van der Waals surface area contributed by atoms with E-state index < -0.39 is 0 Å². The summed E-state index contributed by atoms with van der Waals surface area (Å²) in [5.41, 5.74) is 1.38. The Balaban J connectivity index is 2.20. The first-order valence-corrected chi connectivity index (χ1v) is 7.57. The van der Waals surface area contributed by atoms with E-state index in [4.69, 9.17) is 0 Å². The molecule has 0 aromatic carbocycles. The van der Waals surface area contributed by atoms with Crippen LogP contribution in [-0.2, 0) is 11.4 Å². The van der Waals surface area contributed by atoms with Crippen molar-refractivity contribution in [2.45, 2.75) is 0 Å². The van der Waals surface area contributed by atoms with Gasteiger partial charge in [-0.15, -0.1) is 22.7 Å². The standard InChI is InChI=1S/C13H9S3/c1-4-10(14-7-1)13(11-5-2-8-15-11)12-6-3-9-16-12/h1-9H/q+1. The van der Waals surface area contributed by atoms with E-state index in [1.165, 1.54) is 20.2 Å². The Hall–Kier alpha value is -1.03. The zero-order chi connectivity index (χ0) is 10.8. The lowest BCUT2D eigenvalue weighted by Crippen LogP contribution is -1.85. The number of thiophene rings is 2. The first kappa shape index (κ1) is 10.1. The van der Waals surface area contributed by atoms with Gasteiger partial charge in [-0.1, -0.05) is 12.1 Å². The van der Waals surface area contributed by atoms with E-state index in [-0.39, 0.29) is 0 Å². The molecule has 3 heterocycles. The molecular weight excluding hydrogens is 252 g/mol. The molecule has 0 nitrogen and oxygen atoms in total. The average molecular weight is 261 g/mol. The highest BCUT2D eigenvalue weighted by Gasteiger charge is 2.20. The van der Waals surface area contributed by atoms with Gasteiger partial charge in [0.2, 0.25) is 16.3 Å². The highest BCUT2D eigenvalue weighted by Crippen LogP contribution is 2.33. The summed E-state index contributed by atoms with van der Waals surface area (Å²) in [5, 5.41) is 6.41. The maximum absolute atomic E-state index is 2.19. The van der Waals surface area contributed by atoms with Crippen LogP contribution < -0.4 is 0 Å². The summed E-state index contributed by atoms with van der Waals surface area (Å²) in [5.74, 6) is 0. The van der Waals surface area contributed by atoms with Gasteiger partial charge in [-0.2, -0.15) is 0 Å². The molecule has 0 fully saturated rings. The van der Waals surface area contributed by atoms with Crippen LogP contribution in [0.4, 0.5) is 0 Å². The molecule has 0 spiro atoms. The predicted molar refractivity (Wildman–Crippen MR) is 77.2 cm³/mol. The minimum atomic E-state index is 1.35. The molecule has 0 aliphatic carbocycles. The summed E-state index contributed by atoms with van der Waals surface area (Å²) in [6.07, 6.45) is 4.31. The third-order valence-corrected chi connectivity index (χ3v) is 4.96. The topological polar surface area (TPSA) is 0 Å². The fourth-order valence-electron chi connectivity index (χ4n) is 1.63. The molecule has 0 saturated carbocycles. The second kappa shape index (κ2) is 4.45. The molecule has 0 unspecified atom stereocenters. The summed E-state index contributed by atoms with van der Waals surface area (Å²) in [4.78, 5) is 4.06. The third-order valence-electron chi connectivity index (χ3n) is 2.30. The molecule has 0 radical (unpaired) electrons. The highest BCUT2D eigenvalue weighted by molar-refractivity contribution is 7.82. The van der Waals surface area contributed by atoms with E-state index >= 15 is 0 Å². The molecule has 2 aromatic heterocycles. The lowest BCUT2D eigenvalue weighted by molar-refractivity contribution is 1.76. The van der Waals surface area contributed by atoms with Crippen molar-refractivity contribution in [1.29, 1.82) is 0 Å². The van der Waals surface area contributed by atoms with Crippen molar-refractivity contribution in [3.63, 3.8) is 0 Å². The molecular formula is C13H9S3+. The molecule has 1 aliphatic heterocycles. The van der Waals surface area contributed by atoms with Gasteiger partial charge in [0.15, 0.2) is 5.37 Å². The molecule has 0 saturated heterocycles. The average Bonchev–Trinajstić information content (AvgIpc) is 3.02. The minimum Gasteiger partial charge on any atom is -0.144 e. The maximum Gasteiger partial charge on any atom is 0.241 e. The van der Waals surface area contributed by atoms with E-state index in [0.29, 0.717) is 0 Å². The Morgan fingerprint density at radius 3 is 2.12 bits per heavy atom. The Labute approximate surface area is 107 Å². The number of allylic oxidation sites excluding steroid dienone is 2. The van der Waals surface area contributed by atoms with Crippen LogP contribution in [0.2, 0.25) is 0 Å². The van der Waals surface area contributed by atoms with E-state index in [0.717, 1.165) is 0 Å². The molecule has 0 bridgehead atoms. The summed E-state index contributed by atoms with van der Waals surface area (Å²) in [7, 11) is 0. The number of hydrogen-bond acceptors (Lipinski definition) is 2. The van der Waals surface area contributed by atoms with Crippen LogP contribution in [0.25, 0.3) is 5.57 Å². The van der Waals surface area contributed by atoms with Gasteiger partial charge in [0.1, 0.15) is 0 Å². The smallest absolute Gasteiger partial charge is 0.144 e. The van der Waals surface area contributed by atoms with E-state index in [1.54, 1.807) is 34.0 Å². The summed E-state index contributed by atoms with van der Waals surface area (Å²) < 4.78 is 0. The Morgan fingerprint density at radius 1 is 1.00 bits per heavy atom. The monoisotopic (exact) mass is 261 g/mol. The fraction of sp³-hybridized carbons (Fsp3) is 0. The van der Waals surface area contributed by atoms with Gasteiger partial charge >= 0.3 is 0 Å². The van der Waals surface area contributed by atoms with Crippen LogP contribution in [0.1, 0.15) is 9.75 Å². The lowest BCUT2D eigenvalue weighted by atomic mass is 10.1. The second-order valence-electron chi connectivity index (χ2n) is 3.31. The highest BCUT2D eigenvalue weighted by atomic mass is 32.1. The van der Waals surface area contributed by atoms with Crippen molar-refractivity contribution in [2.24, 2.45) is 0 Å². The van der Waals surface area contributed by atoms with Gasteiger partial charge in [-0.3, -0.25) is 0 Å². The SMILES string of the molecule is C1=CC(=C(c2cccs2)c2cccs2)[S+]=C1. The van der Waals surface area contributed by atoms with E-state index in [2.05, 4.69) is 52.5 Å². The minimum absolute atomic E-state index is 1.35. The Bertz CT molecular complexity index is 504. The molecule has 0 atom stereocenters.